The van der Waals surface area contributed by atoms with E-state index in [0.717, 1.165) is 25.7 Å². The highest BCUT2D eigenvalue weighted by Gasteiger charge is 2.30. The van der Waals surface area contributed by atoms with E-state index in [0.29, 0.717) is 23.9 Å². The van der Waals surface area contributed by atoms with Crippen molar-refractivity contribution in [3.8, 4) is 0 Å². The van der Waals surface area contributed by atoms with Gasteiger partial charge in [0.05, 0.1) is 13.2 Å². The van der Waals surface area contributed by atoms with Crippen LogP contribution < -0.4 is 5.32 Å². The summed E-state index contributed by atoms with van der Waals surface area (Å²) in [6, 6.07) is -0.632. The smallest absolute Gasteiger partial charge is 0.286 e. The van der Waals surface area contributed by atoms with Crippen molar-refractivity contribution >= 4 is 35.9 Å². The standard InChI is InChI=1S/C19H32N4O4S.ClH/c1-13(2)12-15(20-17(25)14-8-6-5-7-9-14)16(24)18-21-22-19(27-18)28-11-10-23(3)26-4;/h13-15H,5-12H2,1-4H3,(H,20,25);1H. The van der Waals surface area contributed by atoms with Crippen molar-refractivity contribution in [2.45, 2.75) is 63.6 Å². The van der Waals surface area contributed by atoms with E-state index in [2.05, 4.69) is 15.5 Å². The Morgan fingerprint density at radius 1 is 1.28 bits per heavy atom. The van der Waals surface area contributed by atoms with E-state index in [1.807, 2.05) is 20.9 Å². The number of ketones is 1. The van der Waals surface area contributed by atoms with Gasteiger partial charge in [-0.2, -0.15) is 5.06 Å². The summed E-state index contributed by atoms with van der Waals surface area (Å²) in [6.07, 6.45) is 5.66. The third-order valence-electron chi connectivity index (χ3n) is 4.88. The molecule has 166 valence electrons. The molecule has 1 aliphatic carbocycles. The van der Waals surface area contributed by atoms with Gasteiger partial charge in [-0.15, -0.1) is 22.6 Å². The number of halogens is 1. The number of hydrogen-bond acceptors (Lipinski definition) is 8. The van der Waals surface area contributed by atoms with E-state index in [1.54, 1.807) is 12.2 Å². The van der Waals surface area contributed by atoms with Crippen molar-refractivity contribution in [3.05, 3.63) is 5.89 Å². The van der Waals surface area contributed by atoms with Crippen molar-refractivity contribution in [2.75, 3.05) is 26.5 Å². The molecule has 0 radical (unpaired) electrons. The fourth-order valence-corrected chi connectivity index (χ4v) is 3.99. The molecule has 1 heterocycles. The molecule has 1 unspecified atom stereocenters. The normalized spacial score (nSPS) is 15.9. The Bertz CT molecular complexity index is 637. The van der Waals surface area contributed by atoms with Crippen LogP contribution in [0, 0.1) is 11.8 Å². The Morgan fingerprint density at radius 3 is 2.59 bits per heavy atom. The van der Waals surface area contributed by atoms with Crippen LogP contribution in [0.1, 0.15) is 63.1 Å². The van der Waals surface area contributed by atoms with E-state index >= 15 is 0 Å². The molecule has 2 rings (SSSR count). The molecule has 1 N–H and O–H groups in total. The van der Waals surface area contributed by atoms with Crippen molar-refractivity contribution in [3.63, 3.8) is 0 Å². The highest BCUT2D eigenvalue weighted by Crippen LogP contribution is 2.24. The summed E-state index contributed by atoms with van der Waals surface area (Å²) in [5.41, 5.74) is 0. The second-order valence-electron chi connectivity index (χ2n) is 7.65. The topological polar surface area (TPSA) is 97.6 Å². The molecule has 0 aromatic carbocycles. The third kappa shape index (κ3) is 8.62. The predicted molar refractivity (Wildman–Crippen MR) is 114 cm³/mol. The lowest BCUT2D eigenvalue weighted by atomic mass is 9.88. The minimum atomic E-state index is -0.632. The molecular weight excluding hydrogens is 416 g/mol. The number of aromatic nitrogens is 2. The van der Waals surface area contributed by atoms with Gasteiger partial charge in [0, 0.05) is 25.3 Å². The second-order valence-corrected chi connectivity index (χ2v) is 8.69. The molecule has 1 aliphatic rings. The van der Waals surface area contributed by atoms with Crippen LogP contribution in [0.25, 0.3) is 0 Å². The summed E-state index contributed by atoms with van der Waals surface area (Å²) in [5, 5.41) is 12.8. The monoisotopic (exact) mass is 448 g/mol. The fraction of sp³-hybridized carbons (Fsp3) is 0.789. The molecule has 0 bridgehead atoms. The largest absolute Gasteiger partial charge is 0.408 e. The number of hydroxylamine groups is 2. The maximum absolute atomic E-state index is 12.9. The molecule has 8 nitrogen and oxygen atoms in total. The number of amides is 1. The first-order valence-electron chi connectivity index (χ1n) is 9.96. The first kappa shape index (κ1) is 25.9. The summed E-state index contributed by atoms with van der Waals surface area (Å²) in [7, 11) is 3.43. The zero-order valence-electron chi connectivity index (χ0n) is 17.7. The van der Waals surface area contributed by atoms with Crippen molar-refractivity contribution in [1.29, 1.82) is 0 Å². The highest BCUT2D eigenvalue weighted by atomic mass is 35.5. The van der Waals surface area contributed by atoms with Gasteiger partial charge in [0.1, 0.15) is 0 Å². The lowest BCUT2D eigenvalue weighted by Crippen LogP contribution is -2.45. The molecule has 29 heavy (non-hydrogen) atoms. The number of Topliss-reactive ketones (excluding diaryl/α,β-unsaturated/α-hetero) is 1. The van der Waals surface area contributed by atoms with Gasteiger partial charge in [0.25, 0.3) is 11.1 Å². The Hall–Kier alpha value is -1.16. The van der Waals surface area contributed by atoms with Gasteiger partial charge in [-0.05, 0) is 25.2 Å². The lowest BCUT2D eigenvalue weighted by molar-refractivity contribution is -0.126. The average molecular weight is 449 g/mol. The predicted octanol–water partition coefficient (Wildman–Crippen LogP) is 3.37. The Kier molecular flexibility index (Phi) is 11.8. The first-order chi connectivity index (χ1) is 13.4. The van der Waals surface area contributed by atoms with E-state index in [4.69, 9.17) is 9.25 Å². The minimum absolute atomic E-state index is 0. The number of thioether (sulfide) groups is 1. The van der Waals surface area contributed by atoms with Crippen LogP contribution in [0.4, 0.5) is 0 Å². The van der Waals surface area contributed by atoms with Gasteiger partial charge in [-0.1, -0.05) is 44.9 Å². The summed E-state index contributed by atoms with van der Waals surface area (Å²) in [6.45, 7) is 4.73. The summed E-state index contributed by atoms with van der Waals surface area (Å²) >= 11 is 1.36. The van der Waals surface area contributed by atoms with E-state index < -0.39 is 6.04 Å². The number of rotatable bonds is 11. The zero-order chi connectivity index (χ0) is 20.5. The molecule has 0 saturated heterocycles. The third-order valence-corrected chi connectivity index (χ3v) is 5.68. The number of hydrogen-bond donors (Lipinski definition) is 1. The minimum Gasteiger partial charge on any atom is -0.408 e. The van der Waals surface area contributed by atoms with Crippen molar-refractivity contribution in [2.24, 2.45) is 11.8 Å². The first-order valence-corrected chi connectivity index (χ1v) is 11.0. The van der Waals surface area contributed by atoms with Gasteiger partial charge in [0.15, 0.2) is 0 Å². The Morgan fingerprint density at radius 2 is 1.97 bits per heavy atom. The molecule has 1 aromatic heterocycles. The van der Waals surface area contributed by atoms with Gasteiger partial charge in [-0.3, -0.25) is 9.59 Å². The summed E-state index contributed by atoms with van der Waals surface area (Å²) < 4.78 is 5.53. The van der Waals surface area contributed by atoms with Crippen LogP contribution >= 0.6 is 24.2 Å². The molecule has 10 heteroatoms. The quantitative estimate of drug-likeness (QED) is 0.312. The van der Waals surface area contributed by atoms with E-state index in [9.17, 15) is 9.59 Å². The highest BCUT2D eigenvalue weighted by molar-refractivity contribution is 7.99. The molecular formula is C19H33ClN4O4S. The van der Waals surface area contributed by atoms with Crippen LogP contribution in [-0.4, -0.2) is 59.4 Å². The second kappa shape index (κ2) is 13.2. The van der Waals surface area contributed by atoms with Crippen LogP contribution in [0.2, 0.25) is 0 Å². The fourth-order valence-electron chi connectivity index (χ4n) is 3.23. The van der Waals surface area contributed by atoms with Gasteiger partial charge >= 0.3 is 0 Å². The number of nitrogens with zero attached hydrogens (tertiary/aromatic N) is 3. The lowest BCUT2D eigenvalue weighted by Gasteiger charge is -2.24. The maximum Gasteiger partial charge on any atom is 0.286 e. The molecule has 1 saturated carbocycles. The summed E-state index contributed by atoms with van der Waals surface area (Å²) in [4.78, 5) is 30.6. The SMILES string of the molecule is CON(C)CCSc1nnc(C(=O)C(CC(C)C)NC(=O)C2CCCCC2)o1.Cl. The van der Waals surface area contributed by atoms with Crippen molar-refractivity contribution < 1.29 is 18.8 Å². The van der Waals surface area contributed by atoms with E-state index in [-0.39, 0.29) is 41.8 Å². The van der Waals surface area contributed by atoms with Crippen molar-refractivity contribution in [1.82, 2.24) is 20.6 Å². The Balaban J connectivity index is 0.00000420. The molecule has 1 aromatic rings. The van der Waals surface area contributed by atoms with Gasteiger partial charge < -0.3 is 14.6 Å². The number of carbonyl (C=O) groups is 2. The molecule has 1 fully saturated rings. The Labute approximate surface area is 183 Å². The molecule has 1 atom stereocenters. The maximum atomic E-state index is 12.9. The molecule has 0 spiro atoms. The van der Waals surface area contributed by atoms with Gasteiger partial charge in [0.2, 0.25) is 11.7 Å². The number of nitrogens with one attached hydrogen (secondary N) is 1. The average Bonchev–Trinajstić information content (AvgIpc) is 3.15. The van der Waals surface area contributed by atoms with Crippen LogP contribution in [-0.2, 0) is 9.63 Å². The van der Waals surface area contributed by atoms with Gasteiger partial charge in [-0.25, -0.2) is 0 Å². The van der Waals surface area contributed by atoms with Crippen LogP contribution in [0.15, 0.2) is 9.64 Å². The number of carbonyl (C=O) groups excluding carboxylic acids is 2. The van der Waals surface area contributed by atoms with Crippen LogP contribution in [0.5, 0.6) is 0 Å². The molecule has 0 aliphatic heterocycles. The zero-order valence-corrected chi connectivity index (χ0v) is 19.3. The molecule has 1 amide bonds. The summed E-state index contributed by atoms with van der Waals surface area (Å²) in [5.74, 6) is 0.553. The van der Waals surface area contributed by atoms with Crippen LogP contribution in [0.3, 0.4) is 0 Å². The van der Waals surface area contributed by atoms with E-state index in [1.165, 1.54) is 18.2 Å².